The van der Waals surface area contributed by atoms with Crippen molar-refractivity contribution in [1.82, 2.24) is 19.9 Å². The van der Waals surface area contributed by atoms with Crippen LogP contribution in [0.3, 0.4) is 0 Å². The quantitative estimate of drug-likeness (QED) is 0.495. The van der Waals surface area contributed by atoms with Gasteiger partial charge in [-0.05, 0) is 41.6 Å². The van der Waals surface area contributed by atoms with Gasteiger partial charge in [0.05, 0.1) is 30.4 Å². The topological polar surface area (TPSA) is 88.3 Å². The molecule has 1 aromatic heterocycles. The van der Waals surface area contributed by atoms with Gasteiger partial charge in [0.15, 0.2) is 0 Å². The van der Waals surface area contributed by atoms with Crippen LogP contribution in [-0.2, 0) is 16.9 Å². The van der Waals surface area contributed by atoms with Crippen molar-refractivity contribution in [2.75, 3.05) is 6.54 Å². The summed E-state index contributed by atoms with van der Waals surface area (Å²) < 4.78 is 28.9. The van der Waals surface area contributed by atoms with Gasteiger partial charge in [0.25, 0.3) is 11.1 Å². The first kappa shape index (κ1) is 22.3. The normalized spacial score (nSPS) is 17.2. The molecule has 0 saturated carbocycles. The lowest BCUT2D eigenvalue weighted by Gasteiger charge is -2.31. The second-order valence-electron chi connectivity index (χ2n) is 7.03. The highest BCUT2D eigenvalue weighted by Crippen LogP contribution is 2.36. The second kappa shape index (κ2) is 8.93. The number of carbonyl (C=O) groups excluding carboxylic acids is 2. The van der Waals surface area contributed by atoms with Gasteiger partial charge in [-0.2, -0.15) is 15.0 Å². The molecule has 11 heteroatoms. The van der Waals surface area contributed by atoms with E-state index in [1.807, 2.05) is 0 Å². The Balaban J connectivity index is 1.66. The van der Waals surface area contributed by atoms with Crippen LogP contribution >= 0.6 is 27.7 Å². The summed E-state index contributed by atoms with van der Waals surface area (Å²) >= 11 is 4.04. The average Bonchev–Trinajstić information content (AvgIpc) is 3.33. The molecule has 0 radical (unpaired) electrons. The van der Waals surface area contributed by atoms with Crippen LogP contribution in [0.1, 0.15) is 11.1 Å². The van der Waals surface area contributed by atoms with Crippen LogP contribution in [0.2, 0.25) is 0 Å². The van der Waals surface area contributed by atoms with Crippen molar-refractivity contribution in [3.05, 3.63) is 87.0 Å². The molecule has 32 heavy (non-hydrogen) atoms. The number of aromatic nitrogens is 3. The fraction of sp³-hybridized carbons (Fsp3) is 0.143. The van der Waals surface area contributed by atoms with E-state index in [0.29, 0.717) is 23.4 Å². The molecule has 1 unspecified atom stereocenters. The number of amides is 2. The molecular weight excluding hydrogens is 506 g/mol. The lowest BCUT2D eigenvalue weighted by Crippen LogP contribution is -2.46. The van der Waals surface area contributed by atoms with E-state index < -0.39 is 34.9 Å². The third kappa shape index (κ3) is 4.64. The van der Waals surface area contributed by atoms with Crippen LogP contribution in [-0.4, -0.2) is 42.7 Å². The molecule has 1 aliphatic heterocycles. The summed E-state index contributed by atoms with van der Waals surface area (Å²) in [6.45, 7) is -0.935. The number of β-amino-alcohol motifs (C(OH)–C–C–N with tert-alkyl or cyclic N) is 1. The molecule has 1 aliphatic rings. The molecule has 0 spiro atoms. The summed E-state index contributed by atoms with van der Waals surface area (Å²) in [5.74, 6) is -2.47. The molecule has 4 rings (SSSR count). The van der Waals surface area contributed by atoms with Crippen molar-refractivity contribution >= 4 is 44.9 Å². The fourth-order valence-corrected chi connectivity index (χ4v) is 4.36. The Hall–Kier alpha value is -2.89. The number of aliphatic hydroxyl groups is 1. The molecule has 2 aromatic carbocycles. The molecule has 3 aromatic rings. The molecule has 1 atom stereocenters. The van der Waals surface area contributed by atoms with Crippen molar-refractivity contribution in [2.45, 2.75) is 12.1 Å². The number of hydrogen-bond donors (Lipinski definition) is 1. The maximum Gasteiger partial charge on any atom is 0.293 e. The Labute approximate surface area is 193 Å². The lowest BCUT2D eigenvalue weighted by molar-refractivity contribution is -0.126. The van der Waals surface area contributed by atoms with Gasteiger partial charge in [0.2, 0.25) is 0 Å². The largest absolute Gasteiger partial charge is 0.381 e. The summed E-state index contributed by atoms with van der Waals surface area (Å²) in [7, 11) is 0. The number of carbonyl (C=O) groups is 2. The van der Waals surface area contributed by atoms with Gasteiger partial charge >= 0.3 is 0 Å². The summed E-state index contributed by atoms with van der Waals surface area (Å²) in [5, 5.41) is 18.6. The van der Waals surface area contributed by atoms with Crippen molar-refractivity contribution in [3.63, 3.8) is 0 Å². The first-order valence-electron chi connectivity index (χ1n) is 9.28. The van der Waals surface area contributed by atoms with Crippen LogP contribution in [0, 0.1) is 11.6 Å². The molecule has 0 aliphatic carbocycles. The standard InChI is InChI=1S/C21H15BrF2N4O3S/c22-14-3-1-13(2-4-14)9-18-19(29)27(20(30)32-18)11-21(31,12-28-25-7-8-26-28)16-6-5-15(23)10-17(16)24/h1-10,31H,11-12H2/b18-9-. The van der Waals surface area contributed by atoms with Crippen molar-refractivity contribution < 1.29 is 23.5 Å². The number of benzene rings is 2. The predicted octanol–water partition coefficient (Wildman–Crippen LogP) is 3.94. The van der Waals surface area contributed by atoms with Gasteiger partial charge in [-0.15, -0.1) is 0 Å². The molecule has 7 nitrogen and oxygen atoms in total. The summed E-state index contributed by atoms with van der Waals surface area (Å²) in [6.07, 6.45) is 4.29. The van der Waals surface area contributed by atoms with Gasteiger partial charge in [-0.3, -0.25) is 14.5 Å². The monoisotopic (exact) mass is 520 g/mol. The first-order valence-corrected chi connectivity index (χ1v) is 10.9. The predicted molar refractivity (Wildman–Crippen MR) is 117 cm³/mol. The number of thioether (sulfide) groups is 1. The van der Waals surface area contributed by atoms with Gasteiger partial charge in [0.1, 0.15) is 17.2 Å². The number of nitrogens with zero attached hydrogens (tertiary/aromatic N) is 4. The van der Waals surface area contributed by atoms with Gasteiger partial charge < -0.3 is 5.11 Å². The van der Waals surface area contributed by atoms with Crippen molar-refractivity contribution in [2.24, 2.45) is 0 Å². The number of halogens is 3. The zero-order chi connectivity index (χ0) is 22.9. The van der Waals surface area contributed by atoms with E-state index in [-0.39, 0.29) is 17.0 Å². The SMILES string of the molecule is O=C1S/C(=C\c2ccc(Br)cc2)C(=O)N1CC(O)(Cn1nccn1)c1ccc(F)cc1F. The smallest absolute Gasteiger partial charge is 0.293 e. The molecule has 0 bridgehead atoms. The summed E-state index contributed by atoms with van der Waals surface area (Å²) in [5.41, 5.74) is -1.68. The van der Waals surface area contributed by atoms with Gasteiger partial charge in [0, 0.05) is 16.1 Å². The van der Waals surface area contributed by atoms with Crippen LogP contribution in [0.4, 0.5) is 13.6 Å². The molecule has 1 saturated heterocycles. The van der Waals surface area contributed by atoms with E-state index in [0.717, 1.165) is 26.3 Å². The highest BCUT2D eigenvalue weighted by Gasteiger charge is 2.43. The van der Waals surface area contributed by atoms with E-state index in [1.54, 1.807) is 30.3 Å². The molecular formula is C21H15BrF2N4O3S. The van der Waals surface area contributed by atoms with E-state index in [1.165, 1.54) is 12.4 Å². The zero-order valence-corrected chi connectivity index (χ0v) is 18.7. The van der Waals surface area contributed by atoms with Crippen molar-refractivity contribution in [1.29, 1.82) is 0 Å². The van der Waals surface area contributed by atoms with Gasteiger partial charge in [-0.25, -0.2) is 8.78 Å². The van der Waals surface area contributed by atoms with E-state index in [9.17, 15) is 23.5 Å². The third-order valence-electron chi connectivity index (χ3n) is 4.76. The Morgan fingerprint density at radius 1 is 1.06 bits per heavy atom. The van der Waals surface area contributed by atoms with Crippen LogP contribution in [0.15, 0.2) is 64.2 Å². The number of imide groups is 1. The van der Waals surface area contributed by atoms with E-state index in [2.05, 4.69) is 26.1 Å². The average molecular weight is 521 g/mol. The van der Waals surface area contributed by atoms with E-state index in [4.69, 9.17) is 0 Å². The molecule has 2 amide bonds. The number of hydrogen-bond acceptors (Lipinski definition) is 6. The summed E-state index contributed by atoms with van der Waals surface area (Å²) in [6, 6.07) is 9.81. The first-order chi connectivity index (χ1) is 15.2. The maximum absolute atomic E-state index is 14.6. The highest BCUT2D eigenvalue weighted by atomic mass is 79.9. The van der Waals surface area contributed by atoms with Crippen LogP contribution < -0.4 is 0 Å². The van der Waals surface area contributed by atoms with Crippen molar-refractivity contribution in [3.8, 4) is 0 Å². The Morgan fingerprint density at radius 3 is 2.41 bits per heavy atom. The minimum atomic E-state index is -2.10. The lowest BCUT2D eigenvalue weighted by atomic mass is 9.92. The Morgan fingerprint density at radius 2 is 1.75 bits per heavy atom. The second-order valence-corrected chi connectivity index (χ2v) is 8.94. The maximum atomic E-state index is 14.6. The summed E-state index contributed by atoms with van der Waals surface area (Å²) in [4.78, 5) is 27.6. The van der Waals surface area contributed by atoms with Gasteiger partial charge in [-0.1, -0.05) is 34.1 Å². The van der Waals surface area contributed by atoms with Crippen LogP contribution in [0.5, 0.6) is 0 Å². The van der Waals surface area contributed by atoms with E-state index >= 15 is 0 Å². The zero-order valence-electron chi connectivity index (χ0n) is 16.3. The molecule has 2 heterocycles. The van der Waals surface area contributed by atoms with Crippen LogP contribution in [0.25, 0.3) is 6.08 Å². The molecule has 164 valence electrons. The third-order valence-corrected chi connectivity index (χ3v) is 6.20. The number of rotatable bonds is 6. The minimum absolute atomic E-state index is 0.163. The Bertz CT molecular complexity index is 1200. The fourth-order valence-electron chi connectivity index (χ4n) is 3.25. The molecule has 1 N–H and O–H groups in total. The molecule has 1 fully saturated rings. The Kier molecular flexibility index (Phi) is 6.22. The minimum Gasteiger partial charge on any atom is -0.381 e. The highest BCUT2D eigenvalue weighted by molar-refractivity contribution is 9.10.